The van der Waals surface area contributed by atoms with Crippen LogP contribution in [0.3, 0.4) is 0 Å². The van der Waals surface area contributed by atoms with Crippen molar-refractivity contribution in [2.45, 2.75) is 25.7 Å². The number of aromatic nitrogens is 2. The molecule has 3 aromatic rings. The normalized spacial score (nSPS) is 17.8. The lowest BCUT2D eigenvalue weighted by molar-refractivity contribution is -0.274. The largest absolute Gasteiger partial charge is 0.573 e. The van der Waals surface area contributed by atoms with Crippen molar-refractivity contribution in [3.05, 3.63) is 46.9 Å². The van der Waals surface area contributed by atoms with Crippen LogP contribution in [0.2, 0.25) is 0 Å². The number of pyridine rings is 1. The highest BCUT2D eigenvalue weighted by atomic mass is 19.4. The van der Waals surface area contributed by atoms with Gasteiger partial charge in [-0.15, -0.1) is 13.2 Å². The van der Waals surface area contributed by atoms with Gasteiger partial charge >= 0.3 is 12.1 Å². The van der Waals surface area contributed by atoms with Crippen LogP contribution < -0.4 is 10.5 Å². The molecule has 0 N–H and O–H groups in total. The van der Waals surface area contributed by atoms with E-state index in [1.54, 1.807) is 12.1 Å². The third-order valence-electron chi connectivity index (χ3n) is 4.59. The second-order valence-electron chi connectivity index (χ2n) is 6.65. The smallest absolute Gasteiger partial charge is 0.406 e. The molecule has 0 radical (unpaired) electrons. The number of fused-ring (bicyclic) bond motifs is 1. The van der Waals surface area contributed by atoms with Gasteiger partial charge < -0.3 is 13.9 Å². The highest BCUT2D eigenvalue weighted by molar-refractivity contribution is 5.73. The van der Waals surface area contributed by atoms with Crippen LogP contribution in [0.1, 0.15) is 12.8 Å². The molecule has 0 spiro atoms. The average molecular weight is 394 g/mol. The summed E-state index contributed by atoms with van der Waals surface area (Å²) in [6.45, 7) is 1.76. The minimum absolute atomic E-state index is 0.205. The molecule has 9 heteroatoms. The molecule has 4 rings (SSSR count). The Morgan fingerprint density at radius 3 is 2.64 bits per heavy atom. The Labute approximate surface area is 157 Å². The van der Waals surface area contributed by atoms with Crippen molar-refractivity contribution in [1.82, 2.24) is 9.55 Å². The molecule has 148 valence electrons. The minimum Gasteiger partial charge on any atom is -0.406 e. The van der Waals surface area contributed by atoms with Crippen molar-refractivity contribution in [3.63, 3.8) is 0 Å². The van der Waals surface area contributed by atoms with Crippen molar-refractivity contribution in [2.75, 3.05) is 13.2 Å². The summed E-state index contributed by atoms with van der Waals surface area (Å²) in [4.78, 5) is 16.7. The van der Waals surface area contributed by atoms with Gasteiger partial charge in [-0.1, -0.05) is 0 Å². The zero-order chi connectivity index (χ0) is 19.7. The Bertz CT molecular complexity index is 1020. The van der Waals surface area contributed by atoms with Gasteiger partial charge in [0.05, 0.1) is 12.3 Å². The Balaban J connectivity index is 1.63. The van der Waals surface area contributed by atoms with Crippen molar-refractivity contribution in [3.8, 4) is 17.0 Å². The maximum Gasteiger partial charge on any atom is 0.573 e. The molecule has 0 amide bonds. The first-order valence-corrected chi connectivity index (χ1v) is 8.83. The fraction of sp³-hybridized carbons (Fsp3) is 0.368. The predicted octanol–water partition coefficient (Wildman–Crippen LogP) is 3.98. The van der Waals surface area contributed by atoms with Gasteiger partial charge in [-0.3, -0.25) is 4.57 Å². The van der Waals surface area contributed by atoms with Gasteiger partial charge in [0.25, 0.3) is 0 Å². The van der Waals surface area contributed by atoms with Gasteiger partial charge in [0.2, 0.25) is 0 Å². The first kappa shape index (κ1) is 18.5. The van der Waals surface area contributed by atoms with Gasteiger partial charge in [0.1, 0.15) is 5.75 Å². The third-order valence-corrected chi connectivity index (χ3v) is 4.59. The Morgan fingerprint density at radius 2 is 1.96 bits per heavy atom. The second kappa shape index (κ2) is 7.31. The van der Waals surface area contributed by atoms with E-state index in [9.17, 15) is 18.0 Å². The van der Waals surface area contributed by atoms with E-state index >= 15 is 0 Å². The molecular weight excluding hydrogens is 377 g/mol. The second-order valence-corrected chi connectivity index (χ2v) is 6.65. The van der Waals surface area contributed by atoms with Crippen molar-refractivity contribution < 1.29 is 27.1 Å². The summed E-state index contributed by atoms with van der Waals surface area (Å²) in [6, 6.07) is 8.68. The van der Waals surface area contributed by atoms with Gasteiger partial charge in [-0.2, -0.15) is 0 Å². The number of benzene rings is 1. The summed E-state index contributed by atoms with van der Waals surface area (Å²) in [5.41, 5.74) is 1.88. The van der Waals surface area contributed by atoms with Crippen molar-refractivity contribution >= 4 is 11.2 Å². The fourth-order valence-electron chi connectivity index (χ4n) is 3.30. The van der Waals surface area contributed by atoms with E-state index in [1.807, 2.05) is 0 Å². The number of ether oxygens (including phenoxy) is 2. The molecule has 0 unspecified atom stereocenters. The number of nitrogens with zero attached hydrogens (tertiary/aromatic N) is 2. The van der Waals surface area contributed by atoms with Crippen LogP contribution in [0.15, 0.2) is 45.6 Å². The number of hydrogen-bond donors (Lipinski definition) is 0. The van der Waals surface area contributed by atoms with Crippen LogP contribution >= 0.6 is 0 Å². The van der Waals surface area contributed by atoms with Crippen LogP contribution in [-0.4, -0.2) is 29.1 Å². The van der Waals surface area contributed by atoms with E-state index in [-0.39, 0.29) is 11.7 Å². The van der Waals surface area contributed by atoms with Crippen LogP contribution in [-0.2, 0) is 11.3 Å². The summed E-state index contributed by atoms with van der Waals surface area (Å²) in [7, 11) is 0. The molecule has 6 nitrogen and oxygen atoms in total. The molecular formula is C19H17F3N2O4. The Kier molecular flexibility index (Phi) is 4.84. The molecule has 0 bridgehead atoms. The lowest BCUT2D eigenvalue weighted by Gasteiger charge is -2.21. The van der Waals surface area contributed by atoms with E-state index in [0.29, 0.717) is 35.6 Å². The number of alkyl halides is 3. The molecule has 1 atom stereocenters. The van der Waals surface area contributed by atoms with Crippen LogP contribution in [0.25, 0.3) is 22.5 Å². The molecule has 0 aliphatic carbocycles. The summed E-state index contributed by atoms with van der Waals surface area (Å²) >= 11 is 0. The standard InChI is InChI=1S/C19H17F3N2O4/c20-19(21,22)28-14-5-3-13(4-6-14)15-7-8-16-17(23-15)24(18(25)27-16)10-12-2-1-9-26-11-12/h3-8,12H,1-2,9-11H2/t12-/m0/s1. The average Bonchev–Trinajstić information content (AvgIpc) is 2.97. The Hall–Kier alpha value is -2.81. The van der Waals surface area contributed by atoms with Crippen LogP contribution in [0.4, 0.5) is 13.2 Å². The zero-order valence-corrected chi connectivity index (χ0v) is 14.7. The van der Waals surface area contributed by atoms with Crippen molar-refractivity contribution in [1.29, 1.82) is 0 Å². The summed E-state index contributed by atoms with van der Waals surface area (Å²) in [6.07, 6.45) is -2.84. The SMILES string of the molecule is O=c1oc2ccc(-c3ccc(OC(F)(F)F)cc3)nc2n1C[C@@H]1CCCOC1. The van der Waals surface area contributed by atoms with Crippen molar-refractivity contribution in [2.24, 2.45) is 5.92 Å². The molecule has 1 aliphatic heterocycles. The summed E-state index contributed by atoms with van der Waals surface area (Å²) < 4.78 is 53.0. The van der Waals surface area contributed by atoms with E-state index in [1.165, 1.54) is 28.8 Å². The lowest BCUT2D eigenvalue weighted by Crippen LogP contribution is -2.26. The van der Waals surface area contributed by atoms with Gasteiger partial charge in [-0.25, -0.2) is 9.78 Å². The monoisotopic (exact) mass is 394 g/mol. The number of oxazole rings is 1. The van der Waals surface area contributed by atoms with Gasteiger partial charge in [0.15, 0.2) is 11.2 Å². The topological polar surface area (TPSA) is 66.5 Å². The molecule has 28 heavy (non-hydrogen) atoms. The van der Waals surface area contributed by atoms with Crippen LogP contribution in [0.5, 0.6) is 5.75 Å². The molecule has 3 heterocycles. The maximum atomic E-state index is 12.3. The lowest BCUT2D eigenvalue weighted by atomic mass is 10.0. The van der Waals surface area contributed by atoms with E-state index in [2.05, 4.69) is 9.72 Å². The molecule has 2 aromatic heterocycles. The zero-order valence-electron chi connectivity index (χ0n) is 14.7. The van der Waals surface area contributed by atoms with Gasteiger partial charge in [0, 0.05) is 24.6 Å². The number of rotatable bonds is 4. The molecule has 1 fully saturated rings. The highest BCUT2D eigenvalue weighted by Gasteiger charge is 2.31. The quantitative estimate of drug-likeness (QED) is 0.670. The fourth-order valence-corrected chi connectivity index (χ4v) is 3.30. The minimum atomic E-state index is -4.74. The first-order valence-electron chi connectivity index (χ1n) is 8.83. The summed E-state index contributed by atoms with van der Waals surface area (Å²) in [5, 5.41) is 0. The van der Waals surface area contributed by atoms with E-state index in [4.69, 9.17) is 9.15 Å². The third kappa shape index (κ3) is 4.04. The molecule has 1 saturated heterocycles. The van der Waals surface area contributed by atoms with Gasteiger partial charge in [-0.05, 0) is 49.2 Å². The number of hydrogen-bond acceptors (Lipinski definition) is 5. The highest BCUT2D eigenvalue weighted by Crippen LogP contribution is 2.27. The number of halogens is 3. The molecule has 1 aromatic carbocycles. The summed E-state index contributed by atoms with van der Waals surface area (Å²) in [5.74, 6) is -0.592. The van der Waals surface area contributed by atoms with Crippen LogP contribution in [0, 0.1) is 5.92 Å². The molecule has 1 aliphatic rings. The Morgan fingerprint density at radius 1 is 1.18 bits per heavy atom. The first-order chi connectivity index (χ1) is 13.4. The van der Waals surface area contributed by atoms with E-state index in [0.717, 1.165) is 19.4 Å². The molecule has 0 saturated carbocycles. The predicted molar refractivity (Wildman–Crippen MR) is 93.9 cm³/mol. The van der Waals surface area contributed by atoms with E-state index < -0.39 is 12.1 Å². The maximum absolute atomic E-state index is 12.3.